The number of carbonyl (C=O) groups excluding carboxylic acids is 1. The maximum atomic E-state index is 11.3. The van der Waals surface area contributed by atoms with Crippen LogP contribution in [0, 0.1) is 0 Å². The maximum absolute atomic E-state index is 11.3. The lowest BCUT2D eigenvalue weighted by Crippen LogP contribution is -2.19. The van der Waals surface area contributed by atoms with Gasteiger partial charge in [0, 0.05) is 37.2 Å². The molecule has 3 aromatic rings. The molecule has 0 saturated carbocycles. The Morgan fingerprint density at radius 2 is 2.03 bits per heavy atom. The molecule has 1 aromatic heterocycles. The zero-order valence-electron chi connectivity index (χ0n) is 16.9. The van der Waals surface area contributed by atoms with E-state index in [0.29, 0.717) is 26.4 Å². The van der Waals surface area contributed by atoms with Crippen LogP contribution in [0.5, 0.6) is 11.5 Å². The van der Waals surface area contributed by atoms with Gasteiger partial charge in [-0.2, -0.15) is 0 Å². The van der Waals surface area contributed by atoms with Gasteiger partial charge in [-0.25, -0.2) is 4.99 Å². The first-order valence-electron chi connectivity index (χ1n) is 9.64. The van der Waals surface area contributed by atoms with Crippen LogP contribution in [0.3, 0.4) is 0 Å². The molecule has 8 heteroatoms. The van der Waals surface area contributed by atoms with Crippen LogP contribution in [0.2, 0.25) is 0 Å². The Hall–Kier alpha value is -3.10. The molecule has 4 rings (SSSR count). The predicted molar refractivity (Wildman–Crippen MR) is 117 cm³/mol. The van der Waals surface area contributed by atoms with Gasteiger partial charge >= 0.3 is 0 Å². The summed E-state index contributed by atoms with van der Waals surface area (Å²) < 4.78 is 18.8. The fourth-order valence-corrected chi connectivity index (χ4v) is 4.17. The van der Waals surface area contributed by atoms with E-state index >= 15 is 0 Å². The molecule has 0 saturated heterocycles. The van der Waals surface area contributed by atoms with Crippen LogP contribution < -0.4 is 19.6 Å². The Balaban J connectivity index is 1.74. The van der Waals surface area contributed by atoms with Crippen LogP contribution in [-0.4, -0.2) is 37.4 Å². The van der Waals surface area contributed by atoms with Gasteiger partial charge < -0.3 is 24.1 Å². The lowest BCUT2D eigenvalue weighted by molar-refractivity contribution is -0.114. The quantitative estimate of drug-likeness (QED) is 0.652. The SMILES string of the molecule is COCCn1c(-c2ccc3c(c2)OCCO3)csc1=Nc1cccc(NC(C)=O)c1. The molecule has 2 aromatic carbocycles. The second-order valence-corrected chi connectivity index (χ2v) is 7.59. The number of hydrogen-bond donors (Lipinski definition) is 1. The lowest BCUT2D eigenvalue weighted by atomic mass is 10.1. The van der Waals surface area contributed by atoms with Crippen molar-refractivity contribution < 1.29 is 19.0 Å². The standard InChI is InChI=1S/C22H23N3O4S/c1-15(26)23-17-4-3-5-18(13-17)24-22-25(8-9-27-2)19(14-30-22)16-6-7-20-21(12-16)29-11-10-28-20/h3-7,12-14H,8-11H2,1-2H3,(H,23,26). The van der Waals surface area contributed by atoms with E-state index in [2.05, 4.69) is 15.3 Å². The number of nitrogens with zero attached hydrogens (tertiary/aromatic N) is 2. The molecule has 1 aliphatic heterocycles. The number of methoxy groups -OCH3 is 1. The number of rotatable bonds is 6. The second-order valence-electron chi connectivity index (χ2n) is 6.75. The Bertz CT molecular complexity index is 1120. The monoisotopic (exact) mass is 425 g/mol. The number of nitrogens with one attached hydrogen (secondary N) is 1. The van der Waals surface area contributed by atoms with Crippen LogP contribution in [0.1, 0.15) is 6.92 Å². The van der Waals surface area contributed by atoms with E-state index in [4.69, 9.17) is 19.2 Å². The van der Waals surface area contributed by atoms with E-state index in [9.17, 15) is 4.79 Å². The number of ether oxygens (including phenoxy) is 3. The van der Waals surface area contributed by atoms with Gasteiger partial charge in [0.15, 0.2) is 16.3 Å². The first-order chi connectivity index (χ1) is 14.6. The second kappa shape index (κ2) is 9.15. The average molecular weight is 426 g/mol. The van der Waals surface area contributed by atoms with Crippen molar-refractivity contribution in [1.29, 1.82) is 0 Å². The number of thiazole rings is 1. The summed E-state index contributed by atoms with van der Waals surface area (Å²) in [5, 5.41) is 4.87. The summed E-state index contributed by atoms with van der Waals surface area (Å²) >= 11 is 1.55. The highest BCUT2D eigenvalue weighted by Crippen LogP contribution is 2.34. The molecule has 1 aliphatic rings. The number of benzene rings is 2. The Labute approximate surface area is 178 Å². The maximum Gasteiger partial charge on any atom is 0.221 e. The van der Waals surface area contributed by atoms with Crippen LogP contribution >= 0.6 is 11.3 Å². The van der Waals surface area contributed by atoms with Gasteiger partial charge in [-0.1, -0.05) is 6.07 Å². The van der Waals surface area contributed by atoms with Crippen molar-refractivity contribution in [1.82, 2.24) is 4.57 Å². The molecule has 7 nitrogen and oxygen atoms in total. The van der Waals surface area contributed by atoms with Crippen molar-refractivity contribution in [2.75, 3.05) is 32.2 Å². The van der Waals surface area contributed by atoms with E-state index < -0.39 is 0 Å². The van der Waals surface area contributed by atoms with E-state index in [1.54, 1.807) is 18.4 Å². The van der Waals surface area contributed by atoms with Crippen molar-refractivity contribution in [3.05, 3.63) is 52.6 Å². The number of carbonyl (C=O) groups is 1. The van der Waals surface area contributed by atoms with Crippen molar-refractivity contribution in [3.63, 3.8) is 0 Å². The minimum Gasteiger partial charge on any atom is -0.486 e. The summed E-state index contributed by atoms with van der Waals surface area (Å²) in [5.74, 6) is 1.41. The van der Waals surface area contributed by atoms with E-state index in [-0.39, 0.29) is 5.91 Å². The van der Waals surface area contributed by atoms with Crippen molar-refractivity contribution in [2.24, 2.45) is 4.99 Å². The highest BCUT2D eigenvalue weighted by atomic mass is 32.1. The lowest BCUT2D eigenvalue weighted by Gasteiger charge is -2.19. The number of aromatic nitrogens is 1. The number of hydrogen-bond acceptors (Lipinski definition) is 6. The smallest absolute Gasteiger partial charge is 0.221 e. The van der Waals surface area contributed by atoms with Gasteiger partial charge in [-0.05, 0) is 36.4 Å². The van der Waals surface area contributed by atoms with Gasteiger partial charge in [-0.3, -0.25) is 4.79 Å². The third kappa shape index (κ3) is 4.55. The average Bonchev–Trinajstić information content (AvgIpc) is 3.14. The number of anilines is 1. The first kappa shape index (κ1) is 20.2. The molecule has 0 radical (unpaired) electrons. The molecular formula is C22H23N3O4S. The molecule has 0 fully saturated rings. The molecule has 1 N–H and O–H groups in total. The van der Waals surface area contributed by atoms with Crippen molar-refractivity contribution in [3.8, 4) is 22.8 Å². The molecule has 30 heavy (non-hydrogen) atoms. The molecule has 0 unspecified atom stereocenters. The molecule has 2 heterocycles. The van der Waals surface area contributed by atoms with E-state index in [1.807, 2.05) is 42.5 Å². The van der Waals surface area contributed by atoms with Crippen LogP contribution in [-0.2, 0) is 16.1 Å². The summed E-state index contributed by atoms with van der Waals surface area (Å²) in [4.78, 5) is 17.0. The van der Waals surface area contributed by atoms with Gasteiger partial charge in [0.2, 0.25) is 5.91 Å². The highest BCUT2D eigenvalue weighted by Gasteiger charge is 2.15. The molecule has 0 spiro atoms. The fourth-order valence-electron chi connectivity index (χ4n) is 3.22. The predicted octanol–water partition coefficient (Wildman–Crippen LogP) is 3.83. The summed E-state index contributed by atoms with van der Waals surface area (Å²) in [6.45, 7) is 3.83. The zero-order chi connectivity index (χ0) is 20.9. The minimum atomic E-state index is -0.112. The third-order valence-corrected chi connectivity index (χ3v) is 5.41. The highest BCUT2D eigenvalue weighted by molar-refractivity contribution is 7.07. The number of amides is 1. The van der Waals surface area contributed by atoms with Crippen LogP contribution in [0.4, 0.5) is 11.4 Å². The van der Waals surface area contributed by atoms with Crippen molar-refractivity contribution >= 4 is 28.6 Å². The zero-order valence-corrected chi connectivity index (χ0v) is 17.7. The summed E-state index contributed by atoms with van der Waals surface area (Å²) in [5.41, 5.74) is 3.55. The normalized spacial score (nSPS) is 13.3. The molecule has 0 atom stereocenters. The fraction of sp³-hybridized carbons (Fsp3) is 0.273. The Morgan fingerprint density at radius 3 is 2.83 bits per heavy atom. The first-order valence-corrected chi connectivity index (χ1v) is 10.5. The third-order valence-electron chi connectivity index (χ3n) is 4.55. The molecule has 156 valence electrons. The summed E-state index contributed by atoms with van der Waals surface area (Å²) in [6, 6.07) is 13.4. The van der Waals surface area contributed by atoms with E-state index in [1.165, 1.54) is 6.92 Å². The summed E-state index contributed by atoms with van der Waals surface area (Å²) in [7, 11) is 1.68. The minimum absolute atomic E-state index is 0.112. The molecule has 0 bridgehead atoms. The van der Waals surface area contributed by atoms with E-state index in [0.717, 1.165) is 38.9 Å². The van der Waals surface area contributed by atoms with Crippen LogP contribution in [0.15, 0.2) is 52.8 Å². The van der Waals surface area contributed by atoms with Gasteiger partial charge in [0.1, 0.15) is 13.2 Å². The number of fused-ring (bicyclic) bond motifs is 1. The topological polar surface area (TPSA) is 74.1 Å². The largest absolute Gasteiger partial charge is 0.486 e. The Kier molecular flexibility index (Phi) is 6.15. The molecular weight excluding hydrogens is 402 g/mol. The van der Waals surface area contributed by atoms with Crippen LogP contribution in [0.25, 0.3) is 11.3 Å². The van der Waals surface area contributed by atoms with Crippen molar-refractivity contribution in [2.45, 2.75) is 13.5 Å². The Morgan fingerprint density at radius 1 is 1.20 bits per heavy atom. The van der Waals surface area contributed by atoms with Gasteiger partial charge in [-0.15, -0.1) is 11.3 Å². The summed E-state index contributed by atoms with van der Waals surface area (Å²) in [6.07, 6.45) is 0. The van der Waals surface area contributed by atoms with Gasteiger partial charge in [0.25, 0.3) is 0 Å². The molecule has 1 amide bonds. The molecule has 0 aliphatic carbocycles. The van der Waals surface area contributed by atoms with Gasteiger partial charge in [0.05, 0.1) is 18.0 Å².